The lowest BCUT2D eigenvalue weighted by Crippen LogP contribution is -2.05. The van der Waals surface area contributed by atoms with Gasteiger partial charge >= 0.3 is 0 Å². The summed E-state index contributed by atoms with van der Waals surface area (Å²) >= 11 is 0. The number of fused-ring (bicyclic) bond motifs is 6. The Morgan fingerprint density at radius 2 is 1.00 bits per heavy atom. The predicted octanol–water partition coefficient (Wildman–Crippen LogP) is 6.61. The highest BCUT2D eigenvalue weighted by molar-refractivity contribution is 6.06. The van der Waals surface area contributed by atoms with E-state index in [1.165, 1.54) is 0 Å². The van der Waals surface area contributed by atoms with E-state index in [-0.39, 0.29) is 12.5 Å². The van der Waals surface area contributed by atoms with E-state index in [4.69, 9.17) is 8.83 Å². The molecule has 0 saturated heterocycles. The topological polar surface area (TPSA) is 46.5 Å². The SMILES string of the molecule is OCC(c1ccc2oc3ccccc3c2c1)c1ccc2oc3ccccc3c2c1. The molecule has 0 saturated carbocycles. The third-order valence-corrected chi connectivity index (χ3v) is 5.79. The van der Waals surface area contributed by atoms with Crippen LogP contribution in [0.25, 0.3) is 43.9 Å². The Hall–Kier alpha value is -3.56. The Kier molecular flexibility index (Phi) is 3.52. The minimum atomic E-state index is -0.119. The molecule has 140 valence electrons. The molecular formula is C26H18O3. The second-order valence-corrected chi connectivity index (χ2v) is 7.44. The summed E-state index contributed by atoms with van der Waals surface area (Å²) < 4.78 is 11.9. The summed E-state index contributed by atoms with van der Waals surface area (Å²) in [6.07, 6.45) is 0. The molecule has 6 rings (SSSR count). The van der Waals surface area contributed by atoms with Crippen LogP contribution >= 0.6 is 0 Å². The average molecular weight is 378 g/mol. The fourth-order valence-electron chi connectivity index (χ4n) is 4.32. The van der Waals surface area contributed by atoms with Gasteiger partial charge in [-0.15, -0.1) is 0 Å². The molecule has 0 aliphatic heterocycles. The van der Waals surface area contributed by atoms with E-state index >= 15 is 0 Å². The first-order valence-electron chi connectivity index (χ1n) is 9.75. The monoisotopic (exact) mass is 378 g/mol. The summed E-state index contributed by atoms with van der Waals surface area (Å²) in [6, 6.07) is 28.5. The summed E-state index contributed by atoms with van der Waals surface area (Å²) in [5, 5.41) is 14.6. The highest BCUT2D eigenvalue weighted by Gasteiger charge is 2.17. The van der Waals surface area contributed by atoms with Crippen molar-refractivity contribution in [2.24, 2.45) is 0 Å². The molecule has 2 aromatic heterocycles. The zero-order valence-corrected chi connectivity index (χ0v) is 15.6. The molecule has 0 amide bonds. The van der Waals surface area contributed by atoms with Crippen molar-refractivity contribution >= 4 is 43.9 Å². The van der Waals surface area contributed by atoms with Crippen molar-refractivity contribution in [3.63, 3.8) is 0 Å². The van der Waals surface area contributed by atoms with E-state index in [1.807, 2.05) is 60.7 Å². The molecule has 0 unspecified atom stereocenters. The fourth-order valence-corrected chi connectivity index (χ4v) is 4.32. The summed E-state index contributed by atoms with van der Waals surface area (Å²) in [5.74, 6) is -0.119. The molecule has 0 atom stereocenters. The minimum absolute atomic E-state index is 0.0303. The van der Waals surface area contributed by atoms with Gasteiger partial charge in [-0.3, -0.25) is 0 Å². The Morgan fingerprint density at radius 3 is 1.48 bits per heavy atom. The quantitative estimate of drug-likeness (QED) is 0.377. The highest BCUT2D eigenvalue weighted by Crippen LogP contribution is 2.35. The molecule has 2 heterocycles. The second kappa shape index (κ2) is 6.23. The lowest BCUT2D eigenvalue weighted by Gasteiger charge is -2.15. The number of aliphatic hydroxyl groups is 1. The van der Waals surface area contributed by atoms with Crippen molar-refractivity contribution in [2.45, 2.75) is 5.92 Å². The summed E-state index contributed by atoms with van der Waals surface area (Å²) in [4.78, 5) is 0. The lowest BCUT2D eigenvalue weighted by molar-refractivity contribution is 0.280. The maximum absolute atomic E-state index is 10.3. The molecule has 3 nitrogen and oxygen atoms in total. The van der Waals surface area contributed by atoms with Crippen LogP contribution < -0.4 is 0 Å². The van der Waals surface area contributed by atoms with Crippen molar-refractivity contribution in [2.75, 3.05) is 6.61 Å². The molecule has 0 aliphatic rings. The molecule has 29 heavy (non-hydrogen) atoms. The predicted molar refractivity (Wildman–Crippen MR) is 116 cm³/mol. The van der Waals surface area contributed by atoms with Gasteiger partial charge in [0, 0.05) is 27.5 Å². The van der Waals surface area contributed by atoms with Crippen molar-refractivity contribution in [3.8, 4) is 0 Å². The third-order valence-electron chi connectivity index (χ3n) is 5.79. The van der Waals surface area contributed by atoms with Gasteiger partial charge in [-0.25, -0.2) is 0 Å². The standard InChI is InChI=1S/C26H18O3/c27-15-22(16-9-11-25-20(13-16)18-5-1-3-7-23(18)28-25)17-10-12-26-21(14-17)19-6-2-4-8-24(19)29-26/h1-14,22,27H,15H2. The van der Waals surface area contributed by atoms with Crippen LogP contribution in [0, 0.1) is 0 Å². The Morgan fingerprint density at radius 1 is 0.552 bits per heavy atom. The molecule has 0 aliphatic carbocycles. The van der Waals surface area contributed by atoms with Crippen LogP contribution in [0.5, 0.6) is 0 Å². The highest BCUT2D eigenvalue weighted by atomic mass is 16.3. The number of benzene rings is 4. The second-order valence-electron chi connectivity index (χ2n) is 7.44. The van der Waals surface area contributed by atoms with Gasteiger partial charge in [-0.05, 0) is 47.5 Å². The molecule has 4 aromatic carbocycles. The first-order valence-corrected chi connectivity index (χ1v) is 9.75. The van der Waals surface area contributed by atoms with Crippen molar-refractivity contribution in [1.82, 2.24) is 0 Å². The van der Waals surface area contributed by atoms with E-state index in [2.05, 4.69) is 24.3 Å². The maximum atomic E-state index is 10.3. The third kappa shape index (κ3) is 2.48. The van der Waals surface area contributed by atoms with Crippen molar-refractivity contribution in [3.05, 3.63) is 96.1 Å². The van der Waals surface area contributed by atoms with E-state index < -0.39 is 0 Å². The molecule has 6 aromatic rings. The van der Waals surface area contributed by atoms with Crippen molar-refractivity contribution < 1.29 is 13.9 Å². The zero-order valence-electron chi connectivity index (χ0n) is 15.6. The van der Waals surface area contributed by atoms with Gasteiger partial charge in [-0.1, -0.05) is 48.5 Å². The van der Waals surface area contributed by atoms with Gasteiger partial charge in [0.15, 0.2) is 0 Å². The van der Waals surface area contributed by atoms with E-state index in [9.17, 15) is 5.11 Å². The summed E-state index contributed by atoms with van der Waals surface area (Å²) in [7, 11) is 0. The molecule has 0 spiro atoms. The van der Waals surface area contributed by atoms with Crippen molar-refractivity contribution in [1.29, 1.82) is 0 Å². The number of rotatable bonds is 3. The first kappa shape index (κ1) is 16.4. The van der Waals surface area contributed by atoms with Gasteiger partial charge < -0.3 is 13.9 Å². The van der Waals surface area contributed by atoms with E-state index in [0.29, 0.717) is 0 Å². The van der Waals surface area contributed by atoms with E-state index in [1.54, 1.807) is 0 Å². The van der Waals surface area contributed by atoms with Gasteiger partial charge in [0.25, 0.3) is 0 Å². The van der Waals surface area contributed by atoms with Gasteiger partial charge in [0.2, 0.25) is 0 Å². The van der Waals surface area contributed by atoms with Crippen LogP contribution in [0.15, 0.2) is 93.8 Å². The molecule has 1 N–H and O–H groups in total. The molecule has 0 bridgehead atoms. The fraction of sp³-hybridized carbons (Fsp3) is 0.0769. The zero-order chi connectivity index (χ0) is 19.4. The summed E-state index contributed by atoms with van der Waals surface area (Å²) in [5.41, 5.74) is 5.63. The van der Waals surface area contributed by atoms with Crippen LogP contribution in [-0.2, 0) is 0 Å². The van der Waals surface area contributed by atoms with E-state index in [0.717, 1.165) is 55.0 Å². The van der Waals surface area contributed by atoms with Gasteiger partial charge in [0.1, 0.15) is 22.3 Å². The summed E-state index contributed by atoms with van der Waals surface area (Å²) in [6.45, 7) is 0.0303. The number of furan rings is 2. The number of hydrogen-bond donors (Lipinski definition) is 1. The normalized spacial score (nSPS) is 12.1. The minimum Gasteiger partial charge on any atom is -0.456 e. The lowest BCUT2D eigenvalue weighted by atomic mass is 9.90. The molecular weight excluding hydrogens is 360 g/mol. The van der Waals surface area contributed by atoms with Crippen LogP contribution in [0.3, 0.4) is 0 Å². The van der Waals surface area contributed by atoms with Crippen LogP contribution in [0.4, 0.5) is 0 Å². The molecule has 0 radical (unpaired) electrons. The largest absolute Gasteiger partial charge is 0.456 e. The molecule has 0 fully saturated rings. The number of aliphatic hydroxyl groups excluding tert-OH is 1. The van der Waals surface area contributed by atoms with Crippen LogP contribution in [0.2, 0.25) is 0 Å². The van der Waals surface area contributed by atoms with Crippen LogP contribution in [0.1, 0.15) is 17.0 Å². The Bertz CT molecular complexity index is 1390. The number of hydrogen-bond acceptors (Lipinski definition) is 3. The number of para-hydroxylation sites is 2. The average Bonchev–Trinajstić information content (AvgIpc) is 3.32. The molecule has 3 heteroatoms. The first-order chi connectivity index (χ1) is 14.3. The van der Waals surface area contributed by atoms with Gasteiger partial charge in [-0.2, -0.15) is 0 Å². The van der Waals surface area contributed by atoms with Crippen LogP contribution in [-0.4, -0.2) is 11.7 Å². The van der Waals surface area contributed by atoms with Gasteiger partial charge in [0.05, 0.1) is 6.61 Å². The Balaban J connectivity index is 1.52. The Labute approximate surface area is 166 Å². The smallest absolute Gasteiger partial charge is 0.135 e. The maximum Gasteiger partial charge on any atom is 0.135 e.